The highest BCUT2D eigenvalue weighted by Crippen LogP contribution is 2.31. The number of nitrogens with one attached hydrogen (secondary N) is 1. The molecule has 1 aromatic carbocycles. The Labute approximate surface area is 145 Å². The van der Waals surface area contributed by atoms with E-state index in [1.165, 1.54) is 12.1 Å². The molecule has 1 aliphatic carbocycles. The molecule has 0 unspecified atom stereocenters. The summed E-state index contributed by atoms with van der Waals surface area (Å²) in [4.78, 5) is 25.9. The minimum absolute atomic E-state index is 0.0985. The lowest BCUT2D eigenvalue weighted by Gasteiger charge is -2.24. The number of nitrogens with zero attached hydrogens (tertiary/aromatic N) is 1. The summed E-state index contributed by atoms with van der Waals surface area (Å²) < 4.78 is 37.8. The van der Waals surface area contributed by atoms with E-state index in [4.69, 9.17) is 0 Å². The lowest BCUT2D eigenvalue weighted by atomic mass is 9.96. The largest absolute Gasteiger partial charge is 0.416 e. The van der Waals surface area contributed by atoms with Gasteiger partial charge >= 0.3 is 6.18 Å². The topological polar surface area (TPSA) is 49.4 Å². The van der Waals surface area contributed by atoms with E-state index in [0.717, 1.165) is 25.0 Å². The Morgan fingerprint density at radius 3 is 2.12 bits per heavy atom. The molecule has 0 aromatic heterocycles. The zero-order chi connectivity index (χ0) is 18.8. The fraction of sp³-hybridized carbons (Fsp3) is 0.556. The molecular weight excluding hydrogens is 333 g/mol. The molecule has 2 rings (SSSR count). The maximum Gasteiger partial charge on any atom is 0.416 e. The van der Waals surface area contributed by atoms with Crippen molar-refractivity contribution < 1.29 is 22.8 Å². The molecule has 7 heteroatoms. The number of hydrogen-bond donors (Lipinski definition) is 1. The first-order chi connectivity index (χ1) is 11.5. The van der Waals surface area contributed by atoms with Crippen LogP contribution in [0.2, 0.25) is 0 Å². The van der Waals surface area contributed by atoms with E-state index < -0.39 is 17.2 Å². The predicted molar refractivity (Wildman–Crippen MR) is 87.5 cm³/mol. The van der Waals surface area contributed by atoms with Gasteiger partial charge in [0.2, 0.25) is 11.8 Å². The summed E-state index contributed by atoms with van der Waals surface area (Å²) in [5.41, 5.74) is -0.661. The molecule has 0 heterocycles. The van der Waals surface area contributed by atoms with Crippen molar-refractivity contribution in [1.82, 2.24) is 10.2 Å². The molecule has 1 N–H and O–H groups in total. The highest BCUT2D eigenvalue weighted by atomic mass is 19.4. The van der Waals surface area contributed by atoms with E-state index in [-0.39, 0.29) is 30.9 Å². The van der Waals surface area contributed by atoms with Gasteiger partial charge < -0.3 is 10.2 Å². The van der Waals surface area contributed by atoms with E-state index in [1.54, 1.807) is 25.7 Å². The number of hydrogen-bond acceptors (Lipinski definition) is 2. The lowest BCUT2D eigenvalue weighted by molar-refractivity contribution is -0.137. The van der Waals surface area contributed by atoms with Crippen LogP contribution in [0.5, 0.6) is 0 Å². The van der Waals surface area contributed by atoms with Crippen LogP contribution < -0.4 is 5.32 Å². The van der Waals surface area contributed by atoms with Crippen LogP contribution in [0.15, 0.2) is 24.3 Å². The Morgan fingerprint density at radius 1 is 1.12 bits per heavy atom. The zero-order valence-corrected chi connectivity index (χ0v) is 14.6. The molecule has 2 amide bonds. The molecule has 0 bridgehead atoms. The van der Waals surface area contributed by atoms with Gasteiger partial charge in [-0.15, -0.1) is 0 Å². The second-order valence-corrected chi connectivity index (χ2v) is 7.38. The number of carbonyl (C=O) groups is 2. The standard InChI is InChI=1S/C18H23F3N2O2/c1-17(2,3)16(25)22-10-15(24)23(14-8-9-14)11-12-4-6-13(7-5-12)18(19,20)21/h4-7,14H,8-11H2,1-3H3,(H,22,25). The minimum Gasteiger partial charge on any atom is -0.347 e. The van der Waals surface area contributed by atoms with Crippen LogP contribution in [0.1, 0.15) is 44.7 Å². The molecule has 1 aromatic rings. The molecule has 0 atom stereocenters. The number of carbonyl (C=O) groups excluding carboxylic acids is 2. The second kappa shape index (κ2) is 7.06. The smallest absolute Gasteiger partial charge is 0.347 e. The third kappa shape index (κ3) is 5.47. The Balaban J connectivity index is 1.99. The van der Waals surface area contributed by atoms with Crippen LogP contribution in [0, 0.1) is 5.41 Å². The Hall–Kier alpha value is -2.05. The summed E-state index contributed by atoms with van der Waals surface area (Å²) in [6, 6.07) is 4.91. The third-order valence-electron chi connectivity index (χ3n) is 4.02. The van der Waals surface area contributed by atoms with Crippen molar-refractivity contribution in [1.29, 1.82) is 0 Å². The number of rotatable bonds is 5. The van der Waals surface area contributed by atoms with Crippen molar-refractivity contribution in [3.63, 3.8) is 0 Å². The highest BCUT2D eigenvalue weighted by Gasteiger charge is 2.34. The quantitative estimate of drug-likeness (QED) is 0.880. The molecule has 1 fully saturated rings. The SMILES string of the molecule is CC(C)(C)C(=O)NCC(=O)N(Cc1ccc(C(F)(F)F)cc1)C1CC1. The number of benzene rings is 1. The summed E-state index contributed by atoms with van der Waals surface area (Å²) in [6.45, 7) is 5.41. The summed E-state index contributed by atoms with van der Waals surface area (Å²) >= 11 is 0. The van der Waals surface area contributed by atoms with Gasteiger partial charge in [0.25, 0.3) is 0 Å². The Bertz CT molecular complexity index is 629. The maximum atomic E-state index is 12.6. The molecule has 0 spiro atoms. The van der Waals surface area contributed by atoms with E-state index in [2.05, 4.69) is 5.32 Å². The summed E-state index contributed by atoms with van der Waals surface area (Å²) in [5.74, 6) is -0.439. The third-order valence-corrected chi connectivity index (χ3v) is 4.02. The van der Waals surface area contributed by atoms with E-state index in [1.807, 2.05) is 0 Å². The van der Waals surface area contributed by atoms with E-state index in [0.29, 0.717) is 5.56 Å². The second-order valence-electron chi connectivity index (χ2n) is 7.38. The van der Waals surface area contributed by atoms with Crippen LogP contribution in [0.3, 0.4) is 0 Å². The normalized spacial score (nSPS) is 15.0. The van der Waals surface area contributed by atoms with Gasteiger partial charge in [-0.1, -0.05) is 32.9 Å². The zero-order valence-electron chi connectivity index (χ0n) is 14.6. The van der Waals surface area contributed by atoms with Gasteiger partial charge in [-0.05, 0) is 30.5 Å². The lowest BCUT2D eigenvalue weighted by Crippen LogP contribution is -2.44. The van der Waals surface area contributed by atoms with Gasteiger partial charge in [0.05, 0.1) is 12.1 Å². The van der Waals surface area contributed by atoms with Crippen molar-refractivity contribution in [2.24, 2.45) is 5.41 Å². The average Bonchev–Trinajstić information content (AvgIpc) is 3.33. The first kappa shape index (κ1) is 19.3. The van der Waals surface area contributed by atoms with Crippen molar-refractivity contribution in [3.8, 4) is 0 Å². The van der Waals surface area contributed by atoms with Gasteiger partial charge in [0.15, 0.2) is 0 Å². The molecule has 4 nitrogen and oxygen atoms in total. The average molecular weight is 356 g/mol. The Morgan fingerprint density at radius 2 is 1.68 bits per heavy atom. The molecule has 0 aliphatic heterocycles. The number of alkyl halides is 3. The summed E-state index contributed by atoms with van der Waals surface area (Å²) in [6.07, 6.45) is -2.62. The van der Waals surface area contributed by atoms with Crippen LogP contribution in [0.25, 0.3) is 0 Å². The van der Waals surface area contributed by atoms with Gasteiger partial charge in [-0.2, -0.15) is 13.2 Å². The Kier molecular flexibility index (Phi) is 5.44. The number of halogens is 3. The van der Waals surface area contributed by atoms with E-state index >= 15 is 0 Å². The number of amides is 2. The fourth-order valence-corrected chi connectivity index (χ4v) is 2.33. The van der Waals surface area contributed by atoms with Gasteiger partial charge in [-0.3, -0.25) is 9.59 Å². The molecular formula is C18H23F3N2O2. The molecule has 138 valence electrons. The van der Waals surface area contributed by atoms with Gasteiger partial charge in [0, 0.05) is 18.0 Å². The van der Waals surface area contributed by atoms with Crippen molar-refractivity contribution in [2.75, 3.05) is 6.54 Å². The molecule has 0 radical (unpaired) electrons. The van der Waals surface area contributed by atoms with Crippen molar-refractivity contribution in [2.45, 2.75) is 52.4 Å². The summed E-state index contributed by atoms with van der Waals surface area (Å²) in [5, 5.41) is 2.62. The van der Waals surface area contributed by atoms with Crippen LogP contribution in [0.4, 0.5) is 13.2 Å². The minimum atomic E-state index is -4.37. The van der Waals surface area contributed by atoms with Crippen molar-refractivity contribution >= 4 is 11.8 Å². The molecule has 0 saturated heterocycles. The predicted octanol–water partition coefficient (Wildman–Crippen LogP) is 3.36. The molecule has 1 saturated carbocycles. The van der Waals surface area contributed by atoms with Crippen LogP contribution in [-0.2, 0) is 22.3 Å². The van der Waals surface area contributed by atoms with E-state index in [9.17, 15) is 22.8 Å². The van der Waals surface area contributed by atoms with Crippen LogP contribution >= 0.6 is 0 Å². The summed E-state index contributed by atoms with van der Waals surface area (Å²) in [7, 11) is 0. The molecule has 25 heavy (non-hydrogen) atoms. The first-order valence-corrected chi connectivity index (χ1v) is 8.22. The first-order valence-electron chi connectivity index (χ1n) is 8.22. The monoisotopic (exact) mass is 356 g/mol. The highest BCUT2D eigenvalue weighted by molar-refractivity contribution is 5.87. The maximum absolute atomic E-state index is 12.6. The van der Waals surface area contributed by atoms with Crippen LogP contribution in [-0.4, -0.2) is 29.3 Å². The molecule has 1 aliphatic rings. The van der Waals surface area contributed by atoms with Crippen molar-refractivity contribution in [3.05, 3.63) is 35.4 Å². The van der Waals surface area contributed by atoms with Gasteiger partial charge in [-0.25, -0.2) is 0 Å². The fourth-order valence-electron chi connectivity index (χ4n) is 2.33. The van der Waals surface area contributed by atoms with Gasteiger partial charge in [0.1, 0.15) is 0 Å².